The molecule has 7 nitrogen and oxygen atoms in total. The van der Waals surface area contributed by atoms with Crippen molar-refractivity contribution in [3.63, 3.8) is 0 Å². The van der Waals surface area contributed by atoms with Gasteiger partial charge in [-0.25, -0.2) is 4.79 Å². The summed E-state index contributed by atoms with van der Waals surface area (Å²) >= 11 is 5.78. The van der Waals surface area contributed by atoms with Crippen LogP contribution in [-0.2, 0) is 14.3 Å². The molecule has 0 aliphatic carbocycles. The molecule has 2 rings (SSSR count). The number of ketones is 2. The van der Waals surface area contributed by atoms with E-state index >= 15 is 0 Å². The van der Waals surface area contributed by atoms with E-state index in [1.807, 2.05) is 0 Å². The van der Waals surface area contributed by atoms with E-state index in [1.54, 1.807) is 45.0 Å². The van der Waals surface area contributed by atoms with Crippen LogP contribution in [-0.4, -0.2) is 41.7 Å². The quantitative estimate of drug-likeness (QED) is 0.489. The van der Waals surface area contributed by atoms with Crippen molar-refractivity contribution in [2.45, 2.75) is 33.6 Å². The molecule has 154 valence electrons. The van der Waals surface area contributed by atoms with Gasteiger partial charge in [-0.05, 0) is 45.0 Å². The number of aromatic amines is 1. The molecule has 0 aliphatic heterocycles. The molecule has 0 atom stereocenters. The van der Waals surface area contributed by atoms with Crippen LogP contribution in [0.15, 0.2) is 24.3 Å². The van der Waals surface area contributed by atoms with Gasteiger partial charge >= 0.3 is 11.9 Å². The van der Waals surface area contributed by atoms with E-state index in [4.69, 9.17) is 21.1 Å². The molecule has 1 aromatic carbocycles. The van der Waals surface area contributed by atoms with Gasteiger partial charge in [0.2, 0.25) is 5.78 Å². The molecule has 8 heteroatoms. The number of rotatable bonds is 9. The highest BCUT2D eigenvalue weighted by molar-refractivity contribution is 6.30. The van der Waals surface area contributed by atoms with E-state index in [0.29, 0.717) is 22.0 Å². The third-order valence-electron chi connectivity index (χ3n) is 4.22. The molecular formula is C21H22ClNO6. The van der Waals surface area contributed by atoms with Gasteiger partial charge < -0.3 is 14.5 Å². The Balaban J connectivity index is 1.93. The lowest BCUT2D eigenvalue weighted by molar-refractivity contribution is -0.142. The van der Waals surface area contributed by atoms with E-state index in [1.165, 1.54) is 0 Å². The molecule has 1 N–H and O–H groups in total. The van der Waals surface area contributed by atoms with Crippen molar-refractivity contribution < 1.29 is 28.7 Å². The van der Waals surface area contributed by atoms with Gasteiger partial charge in [0.25, 0.3) is 0 Å². The van der Waals surface area contributed by atoms with Crippen LogP contribution in [0.2, 0.25) is 5.02 Å². The van der Waals surface area contributed by atoms with Crippen molar-refractivity contribution in [3.8, 4) is 0 Å². The van der Waals surface area contributed by atoms with Gasteiger partial charge in [-0.2, -0.15) is 0 Å². The molecule has 1 heterocycles. The zero-order valence-corrected chi connectivity index (χ0v) is 17.2. The summed E-state index contributed by atoms with van der Waals surface area (Å²) < 4.78 is 9.98. The average Bonchev–Trinajstić information content (AvgIpc) is 2.98. The predicted molar refractivity (Wildman–Crippen MR) is 107 cm³/mol. The maximum atomic E-state index is 12.5. The fraction of sp³-hybridized carbons (Fsp3) is 0.333. The minimum atomic E-state index is -0.678. The first-order valence-electron chi connectivity index (χ1n) is 9.08. The number of H-pyrrole nitrogens is 1. The Kier molecular flexibility index (Phi) is 7.73. The minimum Gasteiger partial charge on any atom is -0.462 e. The van der Waals surface area contributed by atoms with Crippen molar-refractivity contribution >= 4 is 35.1 Å². The van der Waals surface area contributed by atoms with Crippen molar-refractivity contribution in [1.29, 1.82) is 0 Å². The average molecular weight is 420 g/mol. The fourth-order valence-corrected chi connectivity index (χ4v) is 3.00. The minimum absolute atomic E-state index is 0.0506. The number of hydrogen-bond acceptors (Lipinski definition) is 6. The van der Waals surface area contributed by atoms with E-state index in [2.05, 4.69) is 4.98 Å². The highest BCUT2D eigenvalue weighted by Crippen LogP contribution is 2.20. The van der Waals surface area contributed by atoms with Gasteiger partial charge in [-0.1, -0.05) is 11.6 Å². The number of hydrogen-bond donors (Lipinski definition) is 1. The first kappa shape index (κ1) is 22.4. The molecule has 0 radical (unpaired) electrons. The number of aromatic nitrogens is 1. The van der Waals surface area contributed by atoms with Crippen molar-refractivity contribution in [2.75, 3.05) is 13.2 Å². The smallest absolute Gasteiger partial charge is 0.340 e. The Hall–Kier alpha value is -2.93. The number of benzene rings is 1. The summed E-state index contributed by atoms with van der Waals surface area (Å²) in [5.41, 5.74) is 1.72. The highest BCUT2D eigenvalue weighted by atomic mass is 35.5. The normalized spacial score (nSPS) is 10.5. The second-order valence-corrected chi connectivity index (χ2v) is 6.80. The topological polar surface area (TPSA) is 103 Å². The third-order valence-corrected chi connectivity index (χ3v) is 4.47. The number of carbonyl (C=O) groups excluding carboxylic acids is 4. The first-order chi connectivity index (χ1) is 13.7. The highest BCUT2D eigenvalue weighted by Gasteiger charge is 2.26. The van der Waals surface area contributed by atoms with Crippen molar-refractivity contribution in [1.82, 2.24) is 4.98 Å². The Labute approximate surface area is 173 Å². The van der Waals surface area contributed by atoms with Gasteiger partial charge in [0.1, 0.15) is 0 Å². The molecule has 0 fully saturated rings. The first-order valence-corrected chi connectivity index (χ1v) is 9.46. The SMILES string of the molecule is CCOC(=O)c1c(C)[nH]c(C)c1C(=O)COC(=O)CCC(=O)c1ccc(Cl)cc1. The Morgan fingerprint density at radius 2 is 1.52 bits per heavy atom. The zero-order valence-electron chi connectivity index (χ0n) is 16.5. The van der Waals surface area contributed by atoms with E-state index < -0.39 is 24.3 Å². The molecule has 2 aromatic rings. The number of nitrogens with one attached hydrogen (secondary N) is 1. The zero-order chi connectivity index (χ0) is 21.6. The molecule has 0 bridgehead atoms. The second kappa shape index (κ2) is 10.0. The third kappa shape index (κ3) is 5.77. The number of esters is 2. The predicted octanol–water partition coefficient (Wildman–Crippen LogP) is 3.85. The number of aryl methyl sites for hydroxylation is 2. The number of Topliss-reactive ketones (excluding diaryl/α,β-unsaturated/α-hetero) is 2. The second-order valence-electron chi connectivity index (χ2n) is 6.36. The molecule has 0 amide bonds. The van der Waals surface area contributed by atoms with E-state index in [-0.39, 0.29) is 36.4 Å². The summed E-state index contributed by atoms with van der Waals surface area (Å²) in [4.78, 5) is 51.6. The van der Waals surface area contributed by atoms with Crippen LogP contribution in [0.1, 0.15) is 62.2 Å². The van der Waals surface area contributed by atoms with Gasteiger partial charge in [0, 0.05) is 28.4 Å². The molecule has 1 aromatic heterocycles. The monoisotopic (exact) mass is 419 g/mol. The van der Waals surface area contributed by atoms with Crippen LogP contribution >= 0.6 is 11.6 Å². The molecule has 0 aliphatic rings. The van der Waals surface area contributed by atoms with Crippen molar-refractivity contribution in [3.05, 3.63) is 57.4 Å². The molecule has 0 spiro atoms. The summed E-state index contributed by atoms with van der Waals surface area (Å²) in [7, 11) is 0. The largest absolute Gasteiger partial charge is 0.462 e. The van der Waals surface area contributed by atoms with Crippen LogP contribution in [0.25, 0.3) is 0 Å². The van der Waals surface area contributed by atoms with Crippen LogP contribution in [0.5, 0.6) is 0 Å². The van der Waals surface area contributed by atoms with Gasteiger partial charge in [0.05, 0.1) is 24.2 Å². The lowest BCUT2D eigenvalue weighted by Gasteiger charge is -2.07. The van der Waals surface area contributed by atoms with E-state index in [0.717, 1.165) is 0 Å². The number of carbonyl (C=O) groups is 4. The molecular weight excluding hydrogens is 398 g/mol. The summed E-state index contributed by atoms with van der Waals surface area (Å²) in [5, 5.41) is 0.511. The molecule has 0 unspecified atom stereocenters. The Morgan fingerprint density at radius 3 is 2.14 bits per heavy atom. The van der Waals surface area contributed by atoms with Crippen molar-refractivity contribution in [2.24, 2.45) is 0 Å². The summed E-state index contributed by atoms with van der Waals surface area (Å²) in [6.45, 7) is 4.62. The molecule has 29 heavy (non-hydrogen) atoms. The Bertz CT molecular complexity index is 929. The van der Waals surface area contributed by atoms with Gasteiger partial charge in [0.15, 0.2) is 12.4 Å². The van der Waals surface area contributed by atoms with Crippen LogP contribution in [0.4, 0.5) is 0 Å². The molecule has 0 saturated heterocycles. The van der Waals surface area contributed by atoms with Gasteiger partial charge in [-0.3, -0.25) is 14.4 Å². The summed E-state index contributed by atoms with van der Waals surface area (Å²) in [6, 6.07) is 6.34. The van der Waals surface area contributed by atoms with Crippen LogP contribution in [0, 0.1) is 13.8 Å². The maximum absolute atomic E-state index is 12.5. The standard InChI is InChI=1S/C21H22ClNO6/c1-4-28-21(27)20-13(3)23-12(2)19(20)17(25)11-29-18(26)10-9-16(24)14-5-7-15(22)8-6-14/h5-8,23H,4,9-11H2,1-3H3. The Morgan fingerprint density at radius 1 is 0.897 bits per heavy atom. The van der Waals surface area contributed by atoms with E-state index in [9.17, 15) is 19.2 Å². The summed E-state index contributed by atoms with van der Waals surface area (Å²) in [6.07, 6.45) is -0.213. The molecule has 0 saturated carbocycles. The number of ether oxygens (including phenoxy) is 2. The lowest BCUT2D eigenvalue weighted by atomic mass is 10.1. The summed E-state index contributed by atoms with van der Waals surface area (Å²) in [5.74, 6) is -2.04. The number of halogens is 1. The lowest BCUT2D eigenvalue weighted by Crippen LogP contribution is -2.18. The van der Waals surface area contributed by atoms with Gasteiger partial charge in [-0.15, -0.1) is 0 Å². The maximum Gasteiger partial charge on any atom is 0.340 e. The fourth-order valence-electron chi connectivity index (χ4n) is 2.87. The van der Waals surface area contributed by atoms with Crippen LogP contribution < -0.4 is 0 Å². The van der Waals surface area contributed by atoms with Crippen LogP contribution in [0.3, 0.4) is 0 Å².